The smallest absolute Gasteiger partial charge is 0.111 e. The van der Waals surface area contributed by atoms with Crippen molar-refractivity contribution in [2.24, 2.45) is 0 Å². The van der Waals surface area contributed by atoms with Crippen molar-refractivity contribution in [3.8, 4) is 0 Å². The average Bonchev–Trinajstić information content (AvgIpc) is 2.10. The van der Waals surface area contributed by atoms with E-state index in [1.54, 1.807) is 0 Å². The van der Waals surface area contributed by atoms with Gasteiger partial charge in [0.15, 0.2) is 0 Å². The quantitative estimate of drug-likeness (QED) is 0.557. The van der Waals surface area contributed by atoms with Crippen LogP contribution in [0, 0.1) is 0 Å². The molecule has 2 unspecified atom stereocenters. The van der Waals surface area contributed by atoms with Gasteiger partial charge in [0.25, 0.3) is 0 Å². The third kappa shape index (κ3) is 0.873. The van der Waals surface area contributed by atoms with Gasteiger partial charge in [0.2, 0.25) is 0 Å². The molecule has 2 aliphatic heterocycles. The van der Waals surface area contributed by atoms with Crippen molar-refractivity contribution in [3.05, 3.63) is 0 Å². The minimum atomic E-state index is -0.718. The second-order valence-electron chi connectivity index (χ2n) is 4.47. The molecule has 2 N–H and O–H groups in total. The largest absolute Gasteiger partial charge is 0.387 e. The van der Waals surface area contributed by atoms with Crippen LogP contribution in [0.1, 0.15) is 33.1 Å². The third-order valence-electron chi connectivity index (χ3n) is 3.36. The molecule has 2 fully saturated rings. The van der Waals surface area contributed by atoms with Crippen LogP contribution in [0.25, 0.3) is 0 Å². The molecule has 3 heteroatoms. The van der Waals surface area contributed by atoms with Crippen LogP contribution in [0.5, 0.6) is 0 Å². The molecular weight excluding hydrogens is 156 g/mol. The van der Waals surface area contributed by atoms with E-state index in [0.29, 0.717) is 0 Å². The van der Waals surface area contributed by atoms with E-state index in [1.165, 1.54) is 0 Å². The molecular formula is C9H16O3. The van der Waals surface area contributed by atoms with Gasteiger partial charge in [-0.3, -0.25) is 0 Å². The summed E-state index contributed by atoms with van der Waals surface area (Å²) in [5.41, 5.74) is -1.02. The van der Waals surface area contributed by atoms with Gasteiger partial charge >= 0.3 is 0 Å². The first-order valence-corrected chi connectivity index (χ1v) is 4.54. The minimum Gasteiger partial charge on any atom is -0.387 e. The number of ether oxygens (including phenoxy) is 1. The van der Waals surface area contributed by atoms with Gasteiger partial charge in [-0.05, 0) is 33.1 Å². The van der Waals surface area contributed by atoms with E-state index < -0.39 is 23.4 Å². The van der Waals surface area contributed by atoms with E-state index >= 15 is 0 Å². The lowest BCUT2D eigenvalue weighted by Gasteiger charge is -2.36. The summed E-state index contributed by atoms with van der Waals surface area (Å²) in [6.07, 6.45) is 1.29. The van der Waals surface area contributed by atoms with Gasteiger partial charge in [-0.2, -0.15) is 0 Å². The maximum absolute atomic E-state index is 9.72. The Morgan fingerprint density at radius 2 is 1.50 bits per heavy atom. The van der Waals surface area contributed by atoms with Crippen LogP contribution >= 0.6 is 0 Å². The summed E-state index contributed by atoms with van der Waals surface area (Å²) in [6, 6.07) is 0. The van der Waals surface area contributed by atoms with Crippen LogP contribution in [0.3, 0.4) is 0 Å². The minimum absolute atomic E-state index is 0.508. The highest BCUT2D eigenvalue weighted by Gasteiger charge is 2.59. The van der Waals surface area contributed by atoms with E-state index in [1.807, 2.05) is 13.8 Å². The standard InChI is InChI=1S/C9H16O3/c1-8-4-3-5-9(2,12-8)7(11)6(8)10/h6-7,10-11H,3-5H2,1-2H3/t6?,7?,8-,9+. The van der Waals surface area contributed by atoms with Gasteiger partial charge in [-0.25, -0.2) is 0 Å². The van der Waals surface area contributed by atoms with Crippen LogP contribution in [0.2, 0.25) is 0 Å². The molecule has 0 aromatic carbocycles. The van der Waals surface area contributed by atoms with Crippen LogP contribution in [0.4, 0.5) is 0 Å². The topological polar surface area (TPSA) is 49.7 Å². The van der Waals surface area contributed by atoms with E-state index in [-0.39, 0.29) is 0 Å². The van der Waals surface area contributed by atoms with Crippen molar-refractivity contribution < 1.29 is 14.9 Å². The van der Waals surface area contributed by atoms with E-state index in [2.05, 4.69) is 0 Å². The molecule has 0 aliphatic carbocycles. The number of aliphatic hydroxyl groups excluding tert-OH is 2. The summed E-state index contributed by atoms with van der Waals surface area (Å²) >= 11 is 0. The summed E-state index contributed by atoms with van der Waals surface area (Å²) in [7, 11) is 0. The van der Waals surface area contributed by atoms with Gasteiger partial charge in [0.1, 0.15) is 12.2 Å². The predicted molar refractivity (Wildman–Crippen MR) is 43.8 cm³/mol. The highest BCUT2D eigenvalue weighted by atomic mass is 16.6. The van der Waals surface area contributed by atoms with Gasteiger partial charge in [-0.15, -0.1) is 0 Å². The van der Waals surface area contributed by atoms with Crippen LogP contribution in [-0.4, -0.2) is 33.6 Å². The van der Waals surface area contributed by atoms with E-state index in [4.69, 9.17) is 4.74 Å². The molecule has 12 heavy (non-hydrogen) atoms. The molecule has 3 nitrogen and oxygen atoms in total. The highest BCUT2D eigenvalue weighted by molar-refractivity contribution is 5.08. The van der Waals surface area contributed by atoms with Crippen LogP contribution in [-0.2, 0) is 4.74 Å². The number of fused-ring (bicyclic) bond motifs is 2. The first-order valence-electron chi connectivity index (χ1n) is 4.54. The van der Waals surface area contributed by atoms with E-state index in [9.17, 15) is 10.2 Å². The molecule has 2 rings (SSSR count). The number of hydrogen-bond donors (Lipinski definition) is 2. The molecule has 70 valence electrons. The molecule has 2 bridgehead atoms. The van der Waals surface area contributed by atoms with Crippen molar-refractivity contribution in [2.75, 3.05) is 0 Å². The Hall–Kier alpha value is -0.120. The lowest BCUT2D eigenvalue weighted by atomic mass is 9.94. The van der Waals surface area contributed by atoms with Gasteiger partial charge in [0.05, 0.1) is 11.2 Å². The molecule has 0 aromatic rings. The lowest BCUT2D eigenvalue weighted by molar-refractivity contribution is -0.146. The second-order valence-corrected chi connectivity index (χ2v) is 4.47. The summed E-state index contributed by atoms with van der Waals surface area (Å²) in [6.45, 7) is 3.76. The maximum Gasteiger partial charge on any atom is 0.111 e. The monoisotopic (exact) mass is 172 g/mol. The summed E-state index contributed by atoms with van der Waals surface area (Å²) in [4.78, 5) is 0. The lowest BCUT2D eigenvalue weighted by Crippen LogP contribution is -2.39. The zero-order valence-electron chi connectivity index (χ0n) is 7.58. The molecule has 2 heterocycles. The van der Waals surface area contributed by atoms with Crippen LogP contribution in [0.15, 0.2) is 0 Å². The zero-order valence-corrected chi connectivity index (χ0v) is 7.58. The van der Waals surface area contributed by atoms with Crippen molar-refractivity contribution in [1.82, 2.24) is 0 Å². The molecule has 4 atom stereocenters. The third-order valence-corrected chi connectivity index (χ3v) is 3.36. The molecule has 0 amide bonds. The molecule has 2 saturated heterocycles. The second kappa shape index (κ2) is 2.22. The molecule has 0 saturated carbocycles. The molecule has 0 radical (unpaired) electrons. The number of hydrogen-bond acceptors (Lipinski definition) is 3. The fourth-order valence-corrected chi connectivity index (χ4v) is 2.51. The summed E-state index contributed by atoms with van der Waals surface area (Å²) in [5, 5.41) is 19.4. The first kappa shape index (κ1) is 8.48. The Labute approximate surface area is 72.3 Å². The van der Waals surface area contributed by atoms with Gasteiger partial charge in [0, 0.05) is 0 Å². The summed E-state index contributed by atoms with van der Waals surface area (Å²) < 4.78 is 5.70. The molecule has 2 aliphatic rings. The maximum atomic E-state index is 9.72. The van der Waals surface area contributed by atoms with E-state index in [0.717, 1.165) is 19.3 Å². The van der Waals surface area contributed by atoms with Crippen molar-refractivity contribution >= 4 is 0 Å². The van der Waals surface area contributed by atoms with Gasteiger partial charge in [-0.1, -0.05) is 0 Å². The van der Waals surface area contributed by atoms with Crippen LogP contribution < -0.4 is 0 Å². The Balaban J connectivity index is 2.33. The number of rotatable bonds is 0. The predicted octanol–water partition coefficient (Wildman–Crippen LogP) is 0.440. The highest BCUT2D eigenvalue weighted by Crippen LogP contribution is 2.47. The van der Waals surface area contributed by atoms with Crippen molar-refractivity contribution in [1.29, 1.82) is 0 Å². The first-order chi connectivity index (χ1) is 5.48. The molecule has 0 aromatic heterocycles. The Bertz CT molecular complexity index is 186. The van der Waals surface area contributed by atoms with Crippen molar-refractivity contribution in [2.45, 2.75) is 56.5 Å². The number of aliphatic hydroxyl groups is 2. The Kier molecular flexibility index (Phi) is 1.57. The Morgan fingerprint density at radius 1 is 1.08 bits per heavy atom. The van der Waals surface area contributed by atoms with Gasteiger partial charge < -0.3 is 14.9 Å². The molecule has 0 spiro atoms. The SMILES string of the molecule is C[C@]12CCC[C@](C)(O1)C(O)C2O. The fourth-order valence-electron chi connectivity index (χ4n) is 2.51. The Morgan fingerprint density at radius 3 is 1.83 bits per heavy atom. The fraction of sp³-hybridized carbons (Fsp3) is 1.00. The zero-order chi connectivity index (χ0) is 8.98. The van der Waals surface area contributed by atoms with Crippen molar-refractivity contribution in [3.63, 3.8) is 0 Å². The average molecular weight is 172 g/mol. The summed E-state index contributed by atoms with van der Waals surface area (Å²) in [5.74, 6) is 0. The normalized spacial score (nSPS) is 59.0.